The van der Waals surface area contributed by atoms with E-state index >= 15 is 0 Å². The number of allylic oxidation sites excluding steroid dienone is 2. The number of rotatable bonds is 33. The number of ether oxygens (including phenoxy) is 1. The number of esters is 1. The van der Waals surface area contributed by atoms with Gasteiger partial charge in [0.1, 0.15) is 12.7 Å². The monoisotopic (exact) mass is 647 g/mol. The second-order valence-electron chi connectivity index (χ2n) is 11.8. The van der Waals surface area contributed by atoms with E-state index in [4.69, 9.17) is 13.8 Å². The van der Waals surface area contributed by atoms with Crippen LogP contribution >= 0.6 is 7.82 Å². The van der Waals surface area contributed by atoms with Gasteiger partial charge in [-0.05, 0) is 38.5 Å². The molecule has 3 N–H and O–H groups in total. The number of aliphatic hydroxyl groups is 1. The van der Waals surface area contributed by atoms with Gasteiger partial charge in [-0.2, -0.15) is 0 Å². The molecule has 260 valence electrons. The van der Waals surface area contributed by atoms with Crippen molar-refractivity contribution in [1.82, 2.24) is 5.32 Å². The summed E-state index contributed by atoms with van der Waals surface area (Å²) in [6.45, 7) is 3.50. The standard InChI is InChI=1S/C34H66NO8P/c1-3-5-7-9-11-13-15-16-17-18-20-22-24-26-33(37)35-28-29-42-44(39,40)43-31-32(36)30-41-34(38)27-25-23-21-19-14-12-10-8-6-4-2/h13,15,32,36H,3-12,14,16-31H2,1-2H3,(H,35,37)(H,39,40)/b15-13-. The predicted molar refractivity (Wildman–Crippen MR) is 178 cm³/mol. The second kappa shape index (κ2) is 31.7. The Morgan fingerprint density at radius 3 is 1.73 bits per heavy atom. The van der Waals surface area contributed by atoms with E-state index in [0.29, 0.717) is 6.42 Å². The van der Waals surface area contributed by atoms with Gasteiger partial charge in [0.25, 0.3) is 0 Å². The smallest absolute Gasteiger partial charge is 0.463 e. The number of carbonyl (C=O) groups excluding carboxylic acids is 2. The Bertz CT molecular complexity index is 749. The van der Waals surface area contributed by atoms with Crippen molar-refractivity contribution in [3.63, 3.8) is 0 Å². The van der Waals surface area contributed by atoms with Crippen molar-refractivity contribution < 1.29 is 37.9 Å². The first-order valence-corrected chi connectivity index (χ1v) is 19.2. The largest absolute Gasteiger partial charge is 0.472 e. The number of phosphoric ester groups is 1. The third kappa shape index (κ3) is 32.2. The van der Waals surface area contributed by atoms with E-state index in [1.54, 1.807) is 0 Å². The number of carbonyl (C=O) groups is 2. The molecule has 0 rings (SSSR count). The topological polar surface area (TPSA) is 131 Å². The number of nitrogens with one attached hydrogen (secondary N) is 1. The number of unbranched alkanes of at least 4 members (excludes halogenated alkanes) is 18. The van der Waals surface area contributed by atoms with Crippen molar-refractivity contribution in [2.75, 3.05) is 26.4 Å². The van der Waals surface area contributed by atoms with E-state index in [1.165, 1.54) is 83.5 Å². The average molecular weight is 648 g/mol. The normalized spacial score (nSPS) is 13.6. The maximum absolute atomic E-state index is 12.0. The Balaban J connectivity index is 3.64. The lowest BCUT2D eigenvalue weighted by atomic mass is 10.1. The molecule has 1 amide bonds. The predicted octanol–water partition coefficient (Wildman–Crippen LogP) is 8.71. The first kappa shape index (κ1) is 42.8. The van der Waals surface area contributed by atoms with E-state index < -0.39 is 26.5 Å². The molecule has 0 radical (unpaired) electrons. The van der Waals surface area contributed by atoms with E-state index in [0.717, 1.165) is 51.4 Å². The van der Waals surface area contributed by atoms with E-state index in [-0.39, 0.29) is 32.1 Å². The van der Waals surface area contributed by atoms with Crippen LogP contribution in [0.25, 0.3) is 0 Å². The van der Waals surface area contributed by atoms with Crippen LogP contribution in [0.3, 0.4) is 0 Å². The van der Waals surface area contributed by atoms with Crippen molar-refractivity contribution in [1.29, 1.82) is 0 Å². The molecule has 9 nitrogen and oxygen atoms in total. The molecule has 2 atom stereocenters. The third-order valence-corrected chi connectivity index (χ3v) is 8.43. The molecule has 0 bridgehead atoms. The van der Waals surface area contributed by atoms with Crippen molar-refractivity contribution in [2.45, 2.75) is 168 Å². The molecule has 0 aromatic heterocycles. The maximum atomic E-state index is 12.0. The van der Waals surface area contributed by atoms with Gasteiger partial charge in [-0.3, -0.25) is 18.6 Å². The Labute approximate surface area is 268 Å². The Morgan fingerprint density at radius 1 is 0.682 bits per heavy atom. The zero-order chi connectivity index (χ0) is 32.6. The molecule has 0 aliphatic heterocycles. The summed E-state index contributed by atoms with van der Waals surface area (Å²) in [5.41, 5.74) is 0. The van der Waals surface area contributed by atoms with Crippen LogP contribution in [0, 0.1) is 0 Å². The van der Waals surface area contributed by atoms with Crippen LogP contribution in [0.2, 0.25) is 0 Å². The van der Waals surface area contributed by atoms with E-state index in [2.05, 4.69) is 31.3 Å². The minimum atomic E-state index is -4.40. The van der Waals surface area contributed by atoms with Gasteiger partial charge in [-0.1, -0.05) is 122 Å². The number of amides is 1. The molecule has 10 heteroatoms. The fourth-order valence-electron chi connectivity index (χ4n) is 4.73. The summed E-state index contributed by atoms with van der Waals surface area (Å²) in [6, 6.07) is 0. The molecule has 0 heterocycles. The molecular weight excluding hydrogens is 581 g/mol. The minimum absolute atomic E-state index is 0.0800. The quantitative estimate of drug-likeness (QED) is 0.0279. The summed E-state index contributed by atoms with van der Waals surface area (Å²) in [5.74, 6) is -0.526. The van der Waals surface area contributed by atoms with Gasteiger partial charge in [-0.15, -0.1) is 0 Å². The molecule has 44 heavy (non-hydrogen) atoms. The molecule has 0 aromatic carbocycles. The SMILES string of the molecule is CCCCCC/C=C\CCCCCCCC(=O)NCCOP(=O)(O)OCC(O)COC(=O)CCCCCCCCCCCC. The highest BCUT2D eigenvalue weighted by molar-refractivity contribution is 7.47. The van der Waals surface area contributed by atoms with Gasteiger partial charge in [0.05, 0.1) is 13.2 Å². The summed E-state index contributed by atoms with van der Waals surface area (Å²) < 4.78 is 26.7. The zero-order valence-electron chi connectivity index (χ0n) is 28.1. The summed E-state index contributed by atoms with van der Waals surface area (Å²) in [4.78, 5) is 33.6. The number of hydrogen-bond acceptors (Lipinski definition) is 7. The van der Waals surface area contributed by atoms with Gasteiger partial charge < -0.3 is 20.1 Å². The number of hydrogen-bond donors (Lipinski definition) is 3. The second-order valence-corrected chi connectivity index (χ2v) is 13.3. The van der Waals surface area contributed by atoms with Gasteiger partial charge in [0.15, 0.2) is 0 Å². The Kier molecular flexibility index (Phi) is 30.8. The summed E-state index contributed by atoms with van der Waals surface area (Å²) in [5, 5.41) is 12.6. The lowest BCUT2D eigenvalue weighted by Crippen LogP contribution is -2.27. The summed E-state index contributed by atoms with van der Waals surface area (Å²) in [6.07, 6.45) is 28.6. The van der Waals surface area contributed by atoms with Crippen LogP contribution in [0.15, 0.2) is 12.2 Å². The van der Waals surface area contributed by atoms with Gasteiger partial charge >= 0.3 is 13.8 Å². The molecular formula is C34H66NO8P. The fourth-order valence-corrected chi connectivity index (χ4v) is 5.48. The van der Waals surface area contributed by atoms with Gasteiger partial charge in [0, 0.05) is 19.4 Å². The minimum Gasteiger partial charge on any atom is -0.463 e. The van der Waals surface area contributed by atoms with E-state index in [9.17, 15) is 24.2 Å². The van der Waals surface area contributed by atoms with Crippen LogP contribution in [0.4, 0.5) is 0 Å². The average Bonchev–Trinajstić information content (AvgIpc) is 3.00. The Hall–Kier alpha value is -1.25. The molecule has 0 fully saturated rings. The molecule has 0 aliphatic carbocycles. The van der Waals surface area contributed by atoms with Crippen LogP contribution in [-0.2, 0) is 27.9 Å². The van der Waals surface area contributed by atoms with Crippen LogP contribution in [0.1, 0.15) is 162 Å². The van der Waals surface area contributed by atoms with Crippen LogP contribution < -0.4 is 5.32 Å². The van der Waals surface area contributed by atoms with Gasteiger partial charge in [-0.25, -0.2) is 4.57 Å². The summed E-state index contributed by atoms with van der Waals surface area (Å²) >= 11 is 0. The lowest BCUT2D eigenvalue weighted by molar-refractivity contribution is -0.147. The highest BCUT2D eigenvalue weighted by Crippen LogP contribution is 2.42. The highest BCUT2D eigenvalue weighted by atomic mass is 31.2. The molecule has 0 aliphatic rings. The lowest BCUT2D eigenvalue weighted by Gasteiger charge is -2.15. The maximum Gasteiger partial charge on any atom is 0.472 e. The van der Waals surface area contributed by atoms with Gasteiger partial charge in [0.2, 0.25) is 5.91 Å². The number of aliphatic hydroxyl groups excluding tert-OH is 1. The van der Waals surface area contributed by atoms with Crippen LogP contribution in [0.5, 0.6) is 0 Å². The first-order valence-electron chi connectivity index (χ1n) is 17.7. The van der Waals surface area contributed by atoms with Crippen molar-refractivity contribution >= 4 is 19.7 Å². The molecule has 0 saturated heterocycles. The summed E-state index contributed by atoms with van der Waals surface area (Å²) in [7, 11) is -4.40. The molecule has 0 saturated carbocycles. The fraction of sp³-hybridized carbons (Fsp3) is 0.882. The van der Waals surface area contributed by atoms with Crippen molar-refractivity contribution in [3.8, 4) is 0 Å². The van der Waals surface area contributed by atoms with Crippen molar-refractivity contribution in [3.05, 3.63) is 12.2 Å². The molecule has 0 spiro atoms. The van der Waals surface area contributed by atoms with Crippen LogP contribution in [-0.4, -0.2) is 54.3 Å². The molecule has 0 aromatic rings. The Morgan fingerprint density at radius 2 is 1.16 bits per heavy atom. The van der Waals surface area contributed by atoms with E-state index in [1.807, 2.05) is 0 Å². The first-order chi connectivity index (χ1) is 21.3. The zero-order valence-corrected chi connectivity index (χ0v) is 29.0. The molecule has 2 unspecified atom stereocenters. The third-order valence-electron chi connectivity index (χ3n) is 7.45. The van der Waals surface area contributed by atoms with Crippen molar-refractivity contribution in [2.24, 2.45) is 0 Å². The highest BCUT2D eigenvalue weighted by Gasteiger charge is 2.23. The number of phosphoric acid groups is 1.